The van der Waals surface area contributed by atoms with Crippen molar-refractivity contribution in [3.8, 4) is 12.3 Å². The number of nitrogens with two attached hydrogens (primary N) is 1. The number of anilines is 1. The Hall–Kier alpha value is -2.38. The highest BCUT2D eigenvalue weighted by Crippen LogP contribution is 2.38. The fourth-order valence-corrected chi connectivity index (χ4v) is 4.93. The van der Waals surface area contributed by atoms with Gasteiger partial charge in [-0.1, -0.05) is 23.6 Å². The molecule has 0 bridgehead atoms. The van der Waals surface area contributed by atoms with Crippen molar-refractivity contribution < 1.29 is 0 Å². The van der Waals surface area contributed by atoms with Crippen molar-refractivity contribution in [3.05, 3.63) is 29.5 Å². The number of nitrogen functional groups attached to an aromatic ring is 1. The highest BCUT2D eigenvalue weighted by Gasteiger charge is 2.17. The van der Waals surface area contributed by atoms with Crippen molar-refractivity contribution in [2.24, 2.45) is 0 Å². The number of benzene rings is 1. The molecule has 0 aliphatic rings. The van der Waals surface area contributed by atoms with E-state index in [1.54, 1.807) is 0 Å². The van der Waals surface area contributed by atoms with E-state index < -0.39 is 0 Å². The average molecular weight is 416 g/mol. The van der Waals surface area contributed by atoms with Crippen molar-refractivity contribution >= 4 is 61.9 Å². The Morgan fingerprint density at radius 2 is 2.22 bits per heavy atom. The van der Waals surface area contributed by atoms with Crippen LogP contribution in [0.5, 0.6) is 0 Å². The molecule has 0 unspecified atom stereocenters. The maximum Gasteiger partial charge on any atom is 0.177 e. The third-order valence-corrected chi connectivity index (χ3v) is 6.38. The summed E-state index contributed by atoms with van der Waals surface area (Å²) in [6, 6.07) is 5.69. The summed E-state index contributed by atoms with van der Waals surface area (Å²) in [5, 5.41) is 4.61. The lowest BCUT2D eigenvalue weighted by atomic mass is 10.3. The minimum atomic E-state index is 0.351. The van der Waals surface area contributed by atoms with Gasteiger partial charge in [0.25, 0.3) is 0 Å². The summed E-state index contributed by atoms with van der Waals surface area (Å²) in [5.41, 5.74) is 8.12. The lowest BCUT2D eigenvalue weighted by Gasteiger charge is -2.07. The Morgan fingerprint density at radius 1 is 1.33 bits per heavy atom. The molecule has 10 heteroatoms. The maximum atomic E-state index is 6.27. The first-order valence-corrected chi connectivity index (χ1v) is 10.0. The molecule has 3 aromatic heterocycles. The molecular formula is C17H14ClN7S2. The molecule has 0 atom stereocenters. The molecule has 136 valence electrons. The van der Waals surface area contributed by atoms with Gasteiger partial charge in [0.15, 0.2) is 26.5 Å². The third-order valence-electron chi connectivity index (χ3n) is 3.79. The predicted octanol–water partition coefficient (Wildman–Crippen LogP) is 3.05. The fourth-order valence-electron chi connectivity index (χ4n) is 2.58. The molecule has 0 saturated heterocycles. The van der Waals surface area contributed by atoms with Gasteiger partial charge in [0.2, 0.25) is 0 Å². The number of fused-ring (bicyclic) bond motifs is 2. The fraction of sp³-hybridized carbons (Fsp3) is 0.176. The van der Waals surface area contributed by atoms with Crippen LogP contribution in [0.1, 0.15) is 0 Å². The second kappa shape index (κ2) is 7.70. The molecule has 0 aliphatic heterocycles. The smallest absolute Gasteiger partial charge is 0.177 e. The molecule has 0 fully saturated rings. The van der Waals surface area contributed by atoms with Crippen molar-refractivity contribution in [2.45, 2.75) is 16.0 Å². The van der Waals surface area contributed by atoms with E-state index in [4.69, 9.17) is 23.8 Å². The predicted molar refractivity (Wildman–Crippen MR) is 110 cm³/mol. The number of nitrogens with one attached hydrogen (secondary N) is 1. The van der Waals surface area contributed by atoms with E-state index in [-0.39, 0.29) is 0 Å². The normalized spacial score (nSPS) is 11.3. The van der Waals surface area contributed by atoms with Crippen LogP contribution >= 0.6 is 34.7 Å². The maximum absolute atomic E-state index is 6.27. The van der Waals surface area contributed by atoms with Gasteiger partial charge < -0.3 is 15.6 Å². The number of terminal acetylenes is 1. The first-order valence-electron chi connectivity index (χ1n) is 8.01. The van der Waals surface area contributed by atoms with E-state index in [1.807, 2.05) is 22.8 Å². The number of rotatable bonds is 6. The minimum Gasteiger partial charge on any atom is -0.382 e. The molecule has 27 heavy (non-hydrogen) atoms. The second-order valence-corrected chi connectivity index (χ2v) is 8.15. The van der Waals surface area contributed by atoms with Gasteiger partial charge in [-0.25, -0.2) is 19.9 Å². The van der Waals surface area contributed by atoms with E-state index in [0.717, 1.165) is 19.7 Å². The van der Waals surface area contributed by atoms with Crippen LogP contribution in [0.2, 0.25) is 5.02 Å². The highest BCUT2D eigenvalue weighted by atomic mass is 35.5. The summed E-state index contributed by atoms with van der Waals surface area (Å²) >= 11 is 9.26. The van der Waals surface area contributed by atoms with Crippen LogP contribution in [-0.4, -0.2) is 37.6 Å². The molecule has 0 spiro atoms. The van der Waals surface area contributed by atoms with Crippen LogP contribution in [0, 0.1) is 12.3 Å². The number of nitrogens with zero attached hydrogens (tertiary/aromatic N) is 5. The number of hydrogen-bond acceptors (Lipinski definition) is 8. The lowest BCUT2D eigenvalue weighted by Crippen LogP contribution is -2.20. The largest absolute Gasteiger partial charge is 0.382 e. The zero-order chi connectivity index (χ0) is 18.8. The van der Waals surface area contributed by atoms with Crippen LogP contribution in [0.25, 0.3) is 21.4 Å². The molecule has 3 heterocycles. The Kier molecular flexibility index (Phi) is 5.13. The average Bonchev–Trinajstić information content (AvgIpc) is 3.22. The van der Waals surface area contributed by atoms with Gasteiger partial charge in [0.05, 0.1) is 21.8 Å². The number of thiazole rings is 1. The molecular weight excluding hydrogens is 402 g/mol. The molecule has 1 aromatic carbocycles. The standard InChI is InChI=1S/C17H14ClN7S2/c1-2-6-20-7-8-25-15-12(14(19)21-9-22-15)24-16(25)27-17-23-11-5-3-4-10(18)13(11)26-17/h1,3-5,9,20H,6-8H2,(H2,19,21,22). The molecule has 4 aromatic rings. The van der Waals surface area contributed by atoms with E-state index in [9.17, 15) is 0 Å². The first-order chi connectivity index (χ1) is 13.2. The molecule has 0 amide bonds. The Labute approximate surface area is 168 Å². The van der Waals surface area contributed by atoms with E-state index in [2.05, 4.69) is 31.2 Å². The summed E-state index contributed by atoms with van der Waals surface area (Å²) in [5.74, 6) is 2.91. The SMILES string of the molecule is C#CCNCCn1c(Sc2nc3cccc(Cl)c3s2)nc2c(N)ncnc21. The lowest BCUT2D eigenvalue weighted by molar-refractivity contribution is 0.599. The highest BCUT2D eigenvalue weighted by molar-refractivity contribution is 8.01. The molecule has 3 N–H and O–H groups in total. The van der Waals surface area contributed by atoms with Gasteiger partial charge in [0, 0.05) is 13.1 Å². The van der Waals surface area contributed by atoms with Crippen molar-refractivity contribution in [3.63, 3.8) is 0 Å². The van der Waals surface area contributed by atoms with Gasteiger partial charge in [-0.2, -0.15) is 0 Å². The van der Waals surface area contributed by atoms with E-state index >= 15 is 0 Å². The van der Waals surface area contributed by atoms with Crippen LogP contribution in [0.15, 0.2) is 34.0 Å². The zero-order valence-corrected chi connectivity index (χ0v) is 16.4. The van der Waals surface area contributed by atoms with Gasteiger partial charge in [-0.05, 0) is 23.9 Å². The number of halogens is 1. The molecule has 7 nitrogen and oxygen atoms in total. The summed E-state index contributed by atoms with van der Waals surface area (Å²) < 4.78 is 3.80. The van der Waals surface area contributed by atoms with E-state index in [1.165, 1.54) is 29.4 Å². The summed E-state index contributed by atoms with van der Waals surface area (Å²) in [4.78, 5) is 17.7. The topological polar surface area (TPSA) is 94.5 Å². The van der Waals surface area contributed by atoms with Gasteiger partial charge >= 0.3 is 0 Å². The van der Waals surface area contributed by atoms with Crippen LogP contribution in [-0.2, 0) is 6.54 Å². The van der Waals surface area contributed by atoms with Gasteiger partial charge in [-0.15, -0.1) is 17.8 Å². The number of aromatic nitrogens is 5. The molecule has 0 saturated carbocycles. The number of hydrogen-bond donors (Lipinski definition) is 2. The van der Waals surface area contributed by atoms with Crippen LogP contribution in [0.3, 0.4) is 0 Å². The molecule has 0 aliphatic carbocycles. The van der Waals surface area contributed by atoms with Crippen LogP contribution in [0.4, 0.5) is 5.82 Å². The zero-order valence-electron chi connectivity index (χ0n) is 14.0. The van der Waals surface area contributed by atoms with Gasteiger partial charge in [0.1, 0.15) is 6.33 Å². The minimum absolute atomic E-state index is 0.351. The van der Waals surface area contributed by atoms with E-state index in [0.29, 0.717) is 41.6 Å². The van der Waals surface area contributed by atoms with Crippen molar-refractivity contribution in [1.82, 2.24) is 29.8 Å². The van der Waals surface area contributed by atoms with Crippen molar-refractivity contribution in [1.29, 1.82) is 0 Å². The first kappa shape index (κ1) is 18.0. The Morgan fingerprint density at radius 3 is 3.04 bits per heavy atom. The third kappa shape index (κ3) is 3.57. The van der Waals surface area contributed by atoms with Crippen molar-refractivity contribution in [2.75, 3.05) is 18.8 Å². The monoisotopic (exact) mass is 415 g/mol. The molecule has 4 rings (SSSR count). The number of imidazole rings is 1. The van der Waals surface area contributed by atoms with Crippen LogP contribution < -0.4 is 11.1 Å². The Bertz CT molecular complexity index is 1160. The Balaban J connectivity index is 1.71. The summed E-state index contributed by atoms with van der Waals surface area (Å²) in [6.07, 6.45) is 6.73. The summed E-state index contributed by atoms with van der Waals surface area (Å²) in [7, 11) is 0. The quantitative estimate of drug-likeness (QED) is 0.369. The molecule has 0 radical (unpaired) electrons. The van der Waals surface area contributed by atoms with Gasteiger partial charge in [-0.3, -0.25) is 0 Å². The summed E-state index contributed by atoms with van der Waals surface area (Å²) in [6.45, 7) is 1.82. The second-order valence-electron chi connectivity index (χ2n) is 5.53.